The average Bonchev–Trinajstić information content (AvgIpc) is 2.88. The van der Waals surface area contributed by atoms with E-state index in [0.717, 1.165) is 11.4 Å². The standard InChI is InChI=1S/C16H21ClN4OS/c1-16(2,3)23-9-7-14(22)20(4)13-11-21(19-15(13)17)12-6-5-8-18-10-12/h5-6,8,10-11H,7,9H2,1-4H3. The van der Waals surface area contributed by atoms with Crippen LogP contribution < -0.4 is 4.90 Å². The summed E-state index contributed by atoms with van der Waals surface area (Å²) in [5.41, 5.74) is 1.39. The van der Waals surface area contributed by atoms with E-state index in [1.807, 2.05) is 12.1 Å². The van der Waals surface area contributed by atoms with Crippen LogP contribution in [-0.2, 0) is 4.79 Å². The highest BCUT2D eigenvalue weighted by Gasteiger charge is 2.19. The molecule has 23 heavy (non-hydrogen) atoms. The van der Waals surface area contributed by atoms with Gasteiger partial charge < -0.3 is 4.90 Å². The Hall–Kier alpha value is -1.53. The van der Waals surface area contributed by atoms with Crippen LogP contribution in [0.15, 0.2) is 30.7 Å². The lowest BCUT2D eigenvalue weighted by molar-refractivity contribution is -0.117. The molecule has 0 saturated heterocycles. The monoisotopic (exact) mass is 352 g/mol. The van der Waals surface area contributed by atoms with Crippen molar-refractivity contribution < 1.29 is 4.79 Å². The Balaban J connectivity index is 2.06. The molecule has 2 rings (SSSR count). The molecular weight excluding hydrogens is 332 g/mol. The number of carbonyl (C=O) groups excluding carboxylic acids is 1. The van der Waals surface area contributed by atoms with Crippen LogP contribution in [0, 0.1) is 0 Å². The van der Waals surface area contributed by atoms with E-state index in [0.29, 0.717) is 17.3 Å². The molecule has 124 valence electrons. The first-order valence-corrected chi connectivity index (χ1v) is 8.70. The Kier molecular flexibility index (Phi) is 5.70. The van der Waals surface area contributed by atoms with E-state index in [-0.39, 0.29) is 10.7 Å². The van der Waals surface area contributed by atoms with E-state index in [1.54, 1.807) is 47.0 Å². The van der Waals surface area contributed by atoms with Gasteiger partial charge in [-0.3, -0.25) is 9.78 Å². The number of pyridine rings is 1. The number of halogens is 1. The fraction of sp³-hybridized carbons (Fsp3) is 0.438. The first-order valence-electron chi connectivity index (χ1n) is 7.34. The summed E-state index contributed by atoms with van der Waals surface area (Å²) in [6.07, 6.45) is 5.59. The smallest absolute Gasteiger partial charge is 0.227 e. The van der Waals surface area contributed by atoms with Crippen LogP contribution in [0.3, 0.4) is 0 Å². The molecule has 2 aromatic heterocycles. The van der Waals surface area contributed by atoms with Crippen molar-refractivity contribution in [1.29, 1.82) is 0 Å². The minimum Gasteiger partial charge on any atom is -0.311 e. The molecule has 1 amide bonds. The third kappa shape index (κ3) is 4.97. The molecule has 0 fully saturated rings. The maximum absolute atomic E-state index is 12.3. The van der Waals surface area contributed by atoms with Gasteiger partial charge in [-0.1, -0.05) is 32.4 Å². The van der Waals surface area contributed by atoms with Crippen molar-refractivity contribution in [2.45, 2.75) is 31.9 Å². The Morgan fingerprint density at radius 2 is 2.17 bits per heavy atom. The number of thioether (sulfide) groups is 1. The first kappa shape index (κ1) is 17.8. The van der Waals surface area contributed by atoms with Gasteiger partial charge in [0, 0.05) is 30.2 Å². The van der Waals surface area contributed by atoms with Crippen molar-refractivity contribution in [3.8, 4) is 5.69 Å². The highest BCUT2D eigenvalue weighted by Crippen LogP contribution is 2.27. The molecule has 2 aromatic rings. The second-order valence-electron chi connectivity index (χ2n) is 6.12. The van der Waals surface area contributed by atoms with Crippen molar-refractivity contribution in [2.75, 3.05) is 17.7 Å². The van der Waals surface area contributed by atoms with Crippen LogP contribution in [-0.4, -0.2) is 38.2 Å². The fourth-order valence-electron chi connectivity index (χ4n) is 1.94. The normalized spacial score (nSPS) is 11.5. The number of nitrogens with zero attached hydrogens (tertiary/aromatic N) is 4. The summed E-state index contributed by atoms with van der Waals surface area (Å²) in [6.45, 7) is 6.42. The number of aromatic nitrogens is 3. The number of carbonyl (C=O) groups is 1. The number of rotatable bonds is 5. The molecule has 0 bridgehead atoms. The predicted molar refractivity (Wildman–Crippen MR) is 96.6 cm³/mol. The average molecular weight is 353 g/mol. The number of hydrogen-bond donors (Lipinski definition) is 0. The second-order valence-corrected chi connectivity index (χ2v) is 8.40. The molecule has 0 aliphatic heterocycles. The molecule has 0 N–H and O–H groups in total. The van der Waals surface area contributed by atoms with Crippen LogP contribution in [0.1, 0.15) is 27.2 Å². The van der Waals surface area contributed by atoms with Crippen LogP contribution in [0.5, 0.6) is 0 Å². The summed E-state index contributed by atoms with van der Waals surface area (Å²) >= 11 is 7.96. The van der Waals surface area contributed by atoms with E-state index in [9.17, 15) is 4.79 Å². The molecule has 0 radical (unpaired) electrons. The van der Waals surface area contributed by atoms with Gasteiger partial charge in [0.25, 0.3) is 0 Å². The number of hydrogen-bond acceptors (Lipinski definition) is 4. The zero-order chi connectivity index (χ0) is 17.0. The molecule has 0 atom stereocenters. The molecule has 0 aliphatic rings. The minimum atomic E-state index is 0.0226. The summed E-state index contributed by atoms with van der Waals surface area (Å²) < 4.78 is 1.78. The van der Waals surface area contributed by atoms with Gasteiger partial charge in [-0.15, -0.1) is 0 Å². The van der Waals surface area contributed by atoms with Gasteiger partial charge in [-0.05, 0) is 12.1 Å². The topological polar surface area (TPSA) is 51.0 Å². The fourth-order valence-corrected chi connectivity index (χ4v) is 3.08. The van der Waals surface area contributed by atoms with E-state index in [4.69, 9.17) is 11.6 Å². The van der Waals surface area contributed by atoms with Crippen LogP contribution in [0.2, 0.25) is 5.15 Å². The lowest BCUT2D eigenvalue weighted by atomic mass is 10.3. The maximum atomic E-state index is 12.3. The van der Waals surface area contributed by atoms with Crippen molar-refractivity contribution in [1.82, 2.24) is 14.8 Å². The minimum absolute atomic E-state index is 0.0226. The van der Waals surface area contributed by atoms with Crippen LogP contribution in [0.25, 0.3) is 5.69 Å². The highest BCUT2D eigenvalue weighted by molar-refractivity contribution is 8.00. The van der Waals surface area contributed by atoms with Gasteiger partial charge in [0.15, 0.2) is 5.15 Å². The van der Waals surface area contributed by atoms with Gasteiger partial charge in [0.05, 0.1) is 18.1 Å². The SMILES string of the molecule is CN(C(=O)CCSC(C)(C)C)c1cn(-c2cccnc2)nc1Cl. The summed E-state index contributed by atoms with van der Waals surface area (Å²) in [5.74, 6) is 0.801. The molecule has 2 heterocycles. The summed E-state index contributed by atoms with van der Waals surface area (Å²) in [4.78, 5) is 17.9. The lowest BCUT2D eigenvalue weighted by Crippen LogP contribution is -2.27. The molecule has 0 aromatic carbocycles. The summed E-state index contributed by atoms with van der Waals surface area (Å²) in [5, 5.41) is 4.55. The lowest BCUT2D eigenvalue weighted by Gasteiger charge is -2.19. The van der Waals surface area contributed by atoms with Crippen molar-refractivity contribution in [3.05, 3.63) is 35.9 Å². The maximum Gasteiger partial charge on any atom is 0.227 e. The molecule has 0 unspecified atom stereocenters. The highest BCUT2D eigenvalue weighted by atomic mass is 35.5. The quantitative estimate of drug-likeness (QED) is 0.821. The van der Waals surface area contributed by atoms with Gasteiger partial charge in [-0.2, -0.15) is 16.9 Å². The molecule has 0 saturated carbocycles. The zero-order valence-corrected chi connectivity index (χ0v) is 15.4. The zero-order valence-electron chi connectivity index (χ0n) is 13.8. The summed E-state index contributed by atoms with van der Waals surface area (Å²) in [6, 6.07) is 3.70. The van der Waals surface area contributed by atoms with E-state index >= 15 is 0 Å². The molecule has 0 aliphatic carbocycles. The van der Waals surface area contributed by atoms with Crippen LogP contribution in [0.4, 0.5) is 5.69 Å². The Morgan fingerprint density at radius 1 is 1.43 bits per heavy atom. The summed E-state index contributed by atoms with van der Waals surface area (Å²) in [7, 11) is 1.72. The van der Waals surface area contributed by atoms with Crippen molar-refractivity contribution >= 4 is 35.0 Å². The van der Waals surface area contributed by atoms with E-state index in [1.165, 1.54) is 0 Å². The van der Waals surface area contributed by atoms with Crippen molar-refractivity contribution in [3.63, 3.8) is 0 Å². The number of amides is 1. The Bertz CT molecular complexity index is 666. The predicted octanol–water partition coefficient (Wildman–Crippen LogP) is 3.81. The number of anilines is 1. The van der Waals surface area contributed by atoms with Gasteiger partial charge in [0.1, 0.15) is 5.69 Å². The van der Waals surface area contributed by atoms with Gasteiger partial charge in [0.2, 0.25) is 5.91 Å². The van der Waals surface area contributed by atoms with Crippen molar-refractivity contribution in [2.24, 2.45) is 0 Å². The Labute approximate surface area is 146 Å². The second kappa shape index (κ2) is 7.36. The molecule has 0 spiro atoms. The van der Waals surface area contributed by atoms with Gasteiger partial charge >= 0.3 is 0 Å². The molecule has 7 heteroatoms. The van der Waals surface area contributed by atoms with E-state index in [2.05, 4.69) is 30.9 Å². The van der Waals surface area contributed by atoms with Gasteiger partial charge in [-0.25, -0.2) is 4.68 Å². The largest absolute Gasteiger partial charge is 0.311 e. The van der Waals surface area contributed by atoms with Crippen LogP contribution >= 0.6 is 23.4 Å². The third-order valence-electron chi connectivity index (χ3n) is 3.15. The molecule has 5 nitrogen and oxygen atoms in total. The first-order chi connectivity index (χ1) is 10.8. The Morgan fingerprint density at radius 3 is 2.78 bits per heavy atom. The van der Waals surface area contributed by atoms with E-state index < -0.39 is 0 Å². The molecular formula is C16H21ClN4OS. The third-order valence-corrected chi connectivity index (χ3v) is 4.69.